The molecule has 2 unspecified atom stereocenters. The van der Waals surface area contributed by atoms with Crippen LogP contribution in [0.5, 0.6) is 0 Å². The van der Waals surface area contributed by atoms with Gasteiger partial charge in [-0.3, -0.25) is 0 Å². The molecule has 0 saturated heterocycles. The molecular formula is C17H29N3O. The minimum absolute atomic E-state index is 0.0798. The Balaban J connectivity index is 2.61. The molecule has 0 spiro atoms. The van der Waals surface area contributed by atoms with Crippen molar-refractivity contribution in [3.8, 4) is 0 Å². The first kappa shape index (κ1) is 17.5. The van der Waals surface area contributed by atoms with E-state index in [4.69, 9.17) is 10.9 Å². The molecule has 0 aliphatic heterocycles. The number of rotatable bonds is 9. The van der Waals surface area contributed by atoms with Crippen molar-refractivity contribution in [3.63, 3.8) is 0 Å². The molecule has 21 heavy (non-hydrogen) atoms. The van der Waals surface area contributed by atoms with E-state index in [0.29, 0.717) is 12.5 Å². The highest BCUT2D eigenvalue weighted by molar-refractivity contribution is 5.80. The van der Waals surface area contributed by atoms with Gasteiger partial charge in [0.1, 0.15) is 5.84 Å². The molecule has 0 saturated carbocycles. The fourth-order valence-corrected chi connectivity index (χ4v) is 2.47. The first-order chi connectivity index (χ1) is 10.0. The molecule has 4 heteroatoms. The molecule has 0 amide bonds. The third-order valence-corrected chi connectivity index (χ3v) is 3.65. The lowest BCUT2D eigenvalue weighted by molar-refractivity contribution is 0.314. The van der Waals surface area contributed by atoms with E-state index in [9.17, 15) is 0 Å². The quantitative estimate of drug-likeness (QED) is 0.281. The Kier molecular flexibility index (Phi) is 7.83. The number of nitrogens with zero attached hydrogens (tertiary/aromatic N) is 1. The van der Waals surface area contributed by atoms with Crippen LogP contribution < -0.4 is 11.1 Å². The Morgan fingerprint density at radius 3 is 2.43 bits per heavy atom. The van der Waals surface area contributed by atoms with Crippen molar-refractivity contribution >= 4 is 5.84 Å². The van der Waals surface area contributed by atoms with Crippen LogP contribution in [-0.2, 0) is 0 Å². The van der Waals surface area contributed by atoms with Crippen LogP contribution >= 0.6 is 0 Å². The van der Waals surface area contributed by atoms with Gasteiger partial charge in [0.15, 0.2) is 0 Å². The van der Waals surface area contributed by atoms with Crippen LogP contribution in [0.2, 0.25) is 0 Å². The summed E-state index contributed by atoms with van der Waals surface area (Å²) in [6.07, 6.45) is 4.12. The van der Waals surface area contributed by atoms with Gasteiger partial charge in [0.25, 0.3) is 0 Å². The van der Waals surface area contributed by atoms with Gasteiger partial charge in [0.2, 0.25) is 0 Å². The molecule has 2 atom stereocenters. The standard InChI is InChI=1S/C17H29N3O/c1-13(2)8-7-9-14(3)19-16(12-17(18)20-21)15-10-5-4-6-11-15/h4-6,10-11,13-14,16,19,21H,7-9,12H2,1-3H3,(H2,18,20). The number of amidine groups is 1. The topological polar surface area (TPSA) is 70.6 Å². The third kappa shape index (κ3) is 7.14. The van der Waals surface area contributed by atoms with Crippen LogP contribution in [0, 0.1) is 5.92 Å². The van der Waals surface area contributed by atoms with E-state index < -0.39 is 0 Å². The molecule has 0 aliphatic carbocycles. The summed E-state index contributed by atoms with van der Waals surface area (Å²) in [5.41, 5.74) is 6.85. The lowest BCUT2D eigenvalue weighted by atomic mass is 9.99. The first-order valence-corrected chi connectivity index (χ1v) is 7.80. The maximum absolute atomic E-state index is 8.80. The maximum Gasteiger partial charge on any atom is 0.141 e. The number of nitrogens with one attached hydrogen (secondary N) is 1. The molecule has 1 aromatic rings. The summed E-state index contributed by atoms with van der Waals surface area (Å²) < 4.78 is 0. The molecule has 1 aromatic carbocycles. The predicted molar refractivity (Wildman–Crippen MR) is 88.5 cm³/mol. The largest absolute Gasteiger partial charge is 0.409 e. The second-order valence-electron chi connectivity index (χ2n) is 6.15. The minimum atomic E-state index is 0.0798. The zero-order chi connectivity index (χ0) is 15.7. The molecule has 0 aromatic heterocycles. The fourth-order valence-electron chi connectivity index (χ4n) is 2.47. The summed E-state index contributed by atoms with van der Waals surface area (Å²) in [7, 11) is 0. The van der Waals surface area contributed by atoms with E-state index in [1.807, 2.05) is 18.2 Å². The summed E-state index contributed by atoms with van der Waals surface area (Å²) in [5.74, 6) is 1.00. The van der Waals surface area contributed by atoms with Crippen molar-refractivity contribution in [2.45, 2.75) is 58.5 Å². The van der Waals surface area contributed by atoms with Crippen molar-refractivity contribution in [2.24, 2.45) is 16.8 Å². The average molecular weight is 291 g/mol. The molecule has 0 heterocycles. The molecule has 1 rings (SSSR count). The highest BCUT2D eigenvalue weighted by Gasteiger charge is 2.16. The van der Waals surface area contributed by atoms with E-state index >= 15 is 0 Å². The van der Waals surface area contributed by atoms with Crippen LogP contribution in [0.1, 0.15) is 58.1 Å². The Morgan fingerprint density at radius 2 is 1.86 bits per heavy atom. The molecule has 4 N–H and O–H groups in total. The number of oxime groups is 1. The van der Waals surface area contributed by atoms with Gasteiger partial charge in [0, 0.05) is 18.5 Å². The van der Waals surface area contributed by atoms with E-state index in [0.717, 1.165) is 12.3 Å². The van der Waals surface area contributed by atoms with Crippen molar-refractivity contribution in [2.75, 3.05) is 0 Å². The SMILES string of the molecule is CC(C)CCCC(C)NC(CC(N)=NO)c1ccccc1. The van der Waals surface area contributed by atoms with Gasteiger partial charge in [-0.1, -0.05) is 62.2 Å². The third-order valence-electron chi connectivity index (χ3n) is 3.65. The van der Waals surface area contributed by atoms with Crippen LogP contribution in [-0.4, -0.2) is 17.1 Å². The van der Waals surface area contributed by atoms with Crippen molar-refractivity contribution in [3.05, 3.63) is 35.9 Å². The van der Waals surface area contributed by atoms with Crippen LogP contribution in [0.25, 0.3) is 0 Å². The fraction of sp³-hybridized carbons (Fsp3) is 0.588. The van der Waals surface area contributed by atoms with Crippen LogP contribution in [0.4, 0.5) is 0 Å². The van der Waals surface area contributed by atoms with Crippen LogP contribution in [0.15, 0.2) is 35.5 Å². The lowest BCUT2D eigenvalue weighted by Gasteiger charge is -2.23. The molecule has 0 fully saturated rings. The molecule has 4 nitrogen and oxygen atoms in total. The Labute approximate surface area is 128 Å². The number of hydrogen-bond acceptors (Lipinski definition) is 3. The second-order valence-corrected chi connectivity index (χ2v) is 6.15. The highest BCUT2D eigenvalue weighted by Crippen LogP contribution is 2.19. The predicted octanol–water partition coefficient (Wildman–Crippen LogP) is 3.67. The summed E-state index contributed by atoms with van der Waals surface area (Å²) in [6.45, 7) is 6.70. The molecule has 0 radical (unpaired) electrons. The summed E-state index contributed by atoms with van der Waals surface area (Å²) in [4.78, 5) is 0. The van der Waals surface area contributed by atoms with Crippen LogP contribution in [0.3, 0.4) is 0 Å². The first-order valence-electron chi connectivity index (χ1n) is 7.80. The lowest BCUT2D eigenvalue weighted by Crippen LogP contribution is -2.33. The van der Waals surface area contributed by atoms with Crippen molar-refractivity contribution < 1.29 is 5.21 Å². The second kappa shape index (κ2) is 9.40. The summed E-state index contributed by atoms with van der Waals surface area (Å²) >= 11 is 0. The Hall–Kier alpha value is -1.55. The average Bonchev–Trinajstić information content (AvgIpc) is 2.47. The van der Waals surface area contributed by atoms with Gasteiger partial charge >= 0.3 is 0 Å². The smallest absolute Gasteiger partial charge is 0.141 e. The summed E-state index contributed by atoms with van der Waals surface area (Å²) in [6, 6.07) is 10.7. The minimum Gasteiger partial charge on any atom is -0.409 e. The van der Waals surface area contributed by atoms with E-state index in [2.05, 4.69) is 43.4 Å². The van der Waals surface area contributed by atoms with Gasteiger partial charge in [-0.15, -0.1) is 0 Å². The zero-order valence-corrected chi connectivity index (χ0v) is 13.4. The highest BCUT2D eigenvalue weighted by atomic mass is 16.4. The molecular weight excluding hydrogens is 262 g/mol. The normalized spacial score (nSPS) is 15.1. The van der Waals surface area contributed by atoms with Gasteiger partial charge in [-0.25, -0.2) is 0 Å². The molecule has 0 bridgehead atoms. The molecule has 0 aliphatic rings. The molecule has 118 valence electrons. The Bertz CT molecular complexity index is 417. The monoisotopic (exact) mass is 291 g/mol. The number of hydrogen-bond donors (Lipinski definition) is 3. The van der Waals surface area contributed by atoms with Crippen molar-refractivity contribution in [1.82, 2.24) is 5.32 Å². The van der Waals surface area contributed by atoms with Gasteiger partial charge in [-0.05, 0) is 24.8 Å². The van der Waals surface area contributed by atoms with Gasteiger partial charge in [-0.2, -0.15) is 0 Å². The van der Waals surface area contributed by atoms with Gasteiger partial charge in [0.05, 0.1) is 0 Å². The summed E-state index contributed by atoms with van der Waals surface area (Å²) in [5, 5.41) is 15.5. The van der Waals surface area contributed by atoms with E-state index in [1.54, 1.807) is 0 Å². The van der Waals surface area contributed by atoms with Gasteiger partial charge < -0.3 is 16.3 Å². The maximum atomic E-state index is 8.80. The van der Waals surface area contributed by atoms with E-state index in [-0.39, 0.29) is 11.9 Å². The number of nitrogens with two attached hydrogens (primary N) is 1. The Morgan fingerprint density at radius 1 is 1.19 bits per heavy atom. The number of benzene rings is 1. The van der Waals surface area contributed by atoms with Crippen molar-refractivity contribution in [1.29, 1.82) is 0 Å². The zero-order valence-electron chi connectivity index (χ0n) is 13.4. The van der Waals surface area contributed by atoms with E-state index in [1.165, 1.54) is 18.4 Å².